The standard InChI is InChI=1S/C12H18B6ClNO/c13-9(14)5-10(15)11(20,8(21)12(9,16)17)6-3-1-2-4-7(6)18(10)19/h1-4H,5,13-17,20H2. The Morgan fingerprint density at radius 1 is 1.14 bits per heavy atom. The van der Waals surface area contributed by atoms with Crippen LogP contribution < -0.4 is 11.2 Å². The van der Waals surface area contributed by atoms with Gasteiger partial charge in [-0.15, -0.1) is 0 Å². The lowest BCUT2D eigenvalue weighted by Crippen LogP contribution is -2.65. The number of carbonyl (C=O) groups is 1. The number of rotatable bonds is 0. The van der Waals surface area contributed by atoms with E-state index in [4.69, 9.17) is 17.2 Å². The van der Waals surface area contributed by atoms with Crippen LogP contribution in [0.1, 0.15) is 12.0 Å². The Morgan fingerprint density at radius 2 is 1.71 bits per heavy atom. The van der Waals surface area contributed by atoms with Crippen molar-refractivity contribution in [3.05, 3.63) is 29.8 Å². The minimum absolute atomic E-state index is 0.115. The maximum atomic E-state index is 13.4. The second kappa shape index (κ2) is 4.08. The van der Waals surface area contributed by atoms with Crippen LogP contribution in [0.15, 0.2) is 24.3 Å². The molecule has 9 heteroatoms. The van der Waals surface area contributed by atoms with Crippen molar-refractivity contribution in [3.8, 4) is 0 Å². The Kier molecular flexibility index (Phi) is 3.00. The number of fused-ring (bicyclic) bond motifs is 3. The van der Waals surface area contributed by atoms with E-state index in [2.05, 4.69) is 23.5 Å². The molecule has 1 fully saturated rings. The highest BCUT2D eigenvalue weighted by Gasteiger charge is 2.70. The van der Waals surface area contributed by atoms with Gasteiger partial charge in [0.05, 0.1) is 21.2 Å². The third-order valence-corrected chi connectivity index (χ3v) is 7.26. The third-order valence-electron chi connectivity index (χ3n) is 6.55. The number of hydrogen-bond donors (Lipinski definition) is 1. The SMILES string of the molecule is BC1(B)CC2(B)B(Cl)c3ccccc3C2(N)C(=O)C1(B)B. The number of Topliss-reactive ketones (excluding diaryl/α,β-unsaturated/α-hetero) is 1. The van der Waals surface area contributed by atoms with Gasteiger partial charge in [-0.05, 0) is 16.0 Å². The van der Waals surface area contributed by atoms with Crippen LogP contribution >= 0.6 is 11.5 Å². The zero-order valence-corrected chi connectivity index (χ0v) is 14.2. The Bertz CT molecular complexity index is 652. The quantitative estimate of drug-likeness (QED) is 0.502. The number of benzene rings is 1. The van der Waals surface area contributed by atoms with E-state index in [1.54, 1.807) is 0 Å². The lowest BCUT2D eigenvalue weighted by molar-refractivity contribution is -0.128. The highest BCUT2D eigenvalue weighted by molar-refractivity contribution is 7.19. The maximum absolute atomic E-state index is 13.4. The molecule has 1 aliphatic heterocycles. The minimum Gasteiger partial charge on any atom is -0.316 e. The lowest BCUT2D eigenvalue weighted by Gasteiger charge is -2.59. The van der Waals surface area contributed by atoms with Gasteiger partial charge in [0.25, 0.3) is 6.13 Å². The van der Waals surface area contributed by atoms with Crippen molar-refractivity contribution in [2.75, 3.05) is 0 Å². The highest BCUT2D eigenvalue weighted by atomic mass is 35.5. The van der Waals surface area contributed by atoms with Crippen LogP contribution in [0.2, 0.25) is 15.6 Å². The van der Waals surface area contributed by atoms with Gasteiger partial charge in [-0.25, -0.2) is 0 Å². The van der Waals surface area contributed by atoms with E-state index in [0.717, 1.165) is 17.4 Å². The molecule has 3 rings (SSSR count). The molecular weight excluding hydrogens is 274 g/mol. The minimum atomic E-state index is -0.991. The first kappa shape index (κ1) is 15.4. The Labute approximate surface area is 136 Å². The van der Waals surface area contributed by atoms with Crippen LogP contribution in [0.4, 0.5) is 0 Å². The van der Waals surface area contributed by atoms with E-state index in [1.807, 2.05) is 40.0 Å². The molecule has 1 aromatic carbocycles. The molecular formula is C12H18B6ClNO. The van der Waals surface area contributed by atoms with Crippen LogP contribution in [0.5, 0.6) is 0 Å². The van der Waals surface area contributed by atoms with Crippen LogP contribution in [-0.4, -0.2) is 51.1 Å². The van der Waals surface area contributed by atoms with Crippen molar-refractivity contribution in [2.45, 2.75) is 27.6 Å². The molecule has 2 N–H and O–H groups in total. The van der Waals surface area contributed by atoms with Gasteiger partial charge < -0.3 is 5.73 Å². The molecule has 1 aliphatic carbocycles. The van der Waals surface area contributed by atoms with E-state index in [0.29, 0.717) is 0 Å². The van der Waals surface area contributed by atoms with Crippen molar-refractivity contribution in [3.63, 3.8) is 0 Å². The number of ketones is 1. The molecule has 21 heavy (non-hydrogen) atoms. The van der Waals surface area contributed by atoms with Gasteiger partial charge in [0.15, 0.2) is 0 Å². The van der Waals surface area contributed by atoms with Crippen LogP contribution in [0.3, 0.4) is 0 Å². The molecule has 0 radical (unpaired) electrons. The van der Waals surface area contributed by atoms with Crippen LogP contribution in [0.25, 0.3) is 0 Å². The molecule has 102 valence electrons. The summed E-state index contributed by atoms with van der Waals surface area (Å²) in [6.45, 7) is 0. The van der Waals surface area contributed by atoms with Gasteiger partial charge in [-0.1, -0.05) is 41.4 Å². The molecule has 2 atom stereocenters. The first-order valence-electron chi connectivity index (χ1n) is 7.57. The van der Waals surface area contributed by atoms with Crippen molar-refractivity contribution < 1.29 is 4.79 Å². The van der Waals surface area contributed by atoms with Crippen molar-refractivity contribution in [2.24, 2.45) is 5.73 Å². The van der Waals surface area contributed by atoms with Gasteiger partial charge in [-0.2, -0.15) is 11.5 Å². The van der Waals surface area contributed by atoms with Gasteiger partial charge >= 0.3 is 0 Å². The maximum Gasteiger partial charge on any atom is 0.284 e. The summed E-state index contributed by atoms with van der Waals surface area (Å²) in [6, 6.07) is 7.91. The molecule has 2 unspecified atom stereocenters. The summed E-state index contributed by atoms with van der Waals surface area (Å²) >= 11 is 6.80. The average molecular weight is 293 g/mol. The topological polar surface area (TPSA) is 43.1 Å². The number of nitrogens with two attached hydrogens (primary N) is 1. The first-order chi connectivity index (χ1) is 9.50. The summed E-state index contributed by atoms with van der Waals surface area (Å²) in [7, 11) is 10.4. The zero-order valence-electron chi connectivity index (χ0n) is 13.5. The van der Waals surface area contributed by atoms with Gasteiger partial charge in [0, 0.05) is 0 Å². The summed E-state index contributed by atoms with van der Waals surface area (Å²) in [5.74, 6) is 0.115. The van der Waals surface area contributed by atoms with E-state index in [-0.39, 0.29) is 17.1 Å². The summed E-state index contributed by atoms with van der Waals surface area (Å²) in [5.41, 5.74) is 7.75. The largest absolute Gasteiger partial charge is 0.316 e. The number of carbonyl (C=O) groups excluding carboxylic acids is 1. The van der Waals surface area contributed by atoms with E-state index in [9.17, 15) is 4.79 Å². The van der Waals surface area contributed by atoms with E-state index in [1.165, 1.54) is 0 Å². The van der Waals surface area contributed by atoms with E-state index >= 15 is 0 Å². The van der Waals surface area contributed by atoms with Crippen molar-refractivity contribution in [1.82, 2.24) is 0 Å². The Morgan fingerprint density at radius 3 is 2.33 bits per heavy atom. The lowest BCUT2D eigenvalue weighted by atomic mass is 9.17. The monoisotopic (exact) mass is 293 g/mol. The fourth-order valence-electron chi connectivity index (χ4n) is 4.48. The predicted molar refractivity (Wildman–Crippen MR) is 104 cm³/mol. The fraction of sp³-hybridized carbons (Fsp3) is 0.417. The summed E-state index contributed by atoms with van der Waals surface area (Å²) < 4.78 is 0. The summed E-state index contributed by atoms with van der Waals surface area (Å²) in [5, 5.41) is -1.07. The molecule has 0 amide bonds. The summed E-state index contributed by atoms with van der Waals surface area (Å²) in [4.78, 5) is 13.4. The highest BCUT2D eigenvalue weighted by Crippen LogP contribution is 2.67. The van der Waals surface area contributed by atoms with Crippen LogP contribution in [0, 0.1) is 0 Å². The second-order valence-electron chi connectivity index (χ2n) is 8.19. The molecule has 1 saturated carbocycles. The number of hydrogen-bond acceptors (Lipinski definition) is 2. The predicted octanol–water partition coefficient (Wildman–Crippen LogP) is -3.64. The van der Waals surface area contributed by atoms with Crippen molar-refractivity contribution in [1.29, 1.82) is 0 Å². The normalized spacial score (nSPS) is 36.1. The molecule has 1 heterocycles. The van der Waals surface area contributed by atoms with Gasteiger partial charge in [-0.3, -0.25) is 4.79 Å². The fourth-order valence-corrected chi connectivity index (χ4v) is 4.92. The molecule has 1 aromatic rings. The Balaban J connectivity index is 2.32. The molecule has 0 spiro atoms. The average Bonchev–Trinajstić information content (AvgIpc) is 2.57. The second-order valence-corrected chi connectivity index (χ2v) is 8.63. The summed E-state index contributed by atoms with van der Waals surface area (Å²) in [6.07, 6.45) is 0.607. The Hall–Kier alpha value is -0.470. The van der Waals surface area contributed by atoms with Crippen molar-refractivity contribution >= 4 is 68.1 Å². The zero-order chi connectivity index (χ0) is 15.8. The smallest absolute Gasteiger partial charge is 0.284 e. The van der Waals surface area contributed by atoms with Crippen LogP contribution in [-0.2, 0) is 10.3 Å². The molecule has 0 bridgehead atoms. The van der Waals surface area contributed by atoms with Gasteiger partial charge in [0.1, 0.15) is 29.3 Å². The molecule has 0 aromatic heterocycles. The van der Waals surface area contributed by atoms with Gasteiger partial charge in [0.2, 0.25) is 0 Å². The molecule has 2 aliphatic rings. The first-order valence-corrected chi connectivity index (χ1v) is 8.01. The third kappa shape index (κ3) is 1.53. The molecule has 2 nitrogen and oxygen atoms in total. The molecule has 0 saturated heterocycles. The van der Waals surface area contributed by atoms with E-state index < -0.39 is 16.0 Å². The number of halogens is 1.